The molecule has 0 saturated carbocycles. The third-order valence-electron chi connectivity index (χ3n) is 2.43. The number of fused-ring (bicyclic) bond motifs is 1. The van der Waals surface area contributed by atoms with Gasteiger partial charge in [-0.05, 0) is 36.8 Å². The second-order valence-electron chi connectivity index (χ2n) is 3.59. The molecule has 0 fully saturated rings. The van der Waals surface area contributed by atoms with Crippen molar-refractivity contribution in [3.63, 3.8) is 0 Å². The fraction of sp³-hybridized carbons (Fsp3) is 0.417. The highest BCUT2D eigenvalue weighted by Gasteiger charge is 2.03. The number of benzene rings is 1. The summed E-state index contributed by atoms with van der Waals surface area (Å²) >= 11 is 3.52. The van der Waals surface area contributed by atoms with Crippen LogP contribution in [-0.2, 0) is 6.42 Å². The Balaban J connectivity index is 2.29. The van der Waals surface area contributed by atoms with Gasteiger partial charge < -0.3 is 0 Å². The van der Waals surface area contributed by atoms with Crippen molar-refractivity contribution in [2.45, 2.75) is 30.5 Å². The number of aryl methyl sites for hydroxylation is 1. The highest BCUT2D eigenvalue weighted by molar-refractivity contribution is 8.00. The van der Waals surface area contributed by atoms with Crippen LogP contribution in [0.25, 0.3) is 10.2 Å². The zero-order valence-corrected chi connectivity index (χ0v) is 10.8. The van der Waals surface area contributed by atoms with Gasteiger partial charge in [-0.25, -0.2) is 4.98 Å². The van der Waals surface area contributed by atoms with E-state index in [0.29, 0.717) is 0 Å². The van der Waals surface area contributed by atoms with E-state index in [2.05, 4.69) is 36.4 Å². The lowest BCUT2D eigenvalue weighted by atomic mass is 10.1. The molecule has 1 heterocycles. The van der Waals surface area contributed by atoms with Crippen LogP contribution in [0.3, 0.4) is 0 Å². The SMILES string of the molecule is CCCCc1ccc2nc(SC)sc2c1. The van der Waals surface area contributed by atoms with Crippen LogP contribution in [0, 0.1) is 0 Å². The number of nitrogens with zero attached hydrogens (tertiary/aromatic N) is 1. The zero-order chi connectivity index (χ0) is 10.7. The minimum Gasteiger partial charge on any atom is -0.230 e. The largest absolute Gasteiger partial charge is 0.230 e. The van der Waals surface area contributed by atoms with Gasteiger partial charge in [-0.2, -0.15) is 0 Å². The van der Waals surface area contributed by atoms with E-state index in [4.69, 9.17) is 0 Å². The van der Waals surface area contributed by atoms with Crippen LogP contribution >= 0.6 is 23.1 Å². The molecule has 15 heavy (non-hydrogen) atoms. The molecule has 0 N–H and O–H groups in total. The Labute approximate surface area is 98.9 Å². The summed E-state index contributed by atoms with van der Waals surface area (Å²) in [4.78, 5) is 4.53. The maximum absolute atomic E-state index is 4.53. The first kappa shape index (κ1) is 11.0. The quantitative estimate of drug-likeness (QED) is 0.733. The Kier molecular flexibility index (Phi) is 3.65. The van der Waals surface area contributed by atoms with Gasteiger partial charge in [0.1, 0.15) is 0 Å². The summed E-state index contributed by atoms with van der Waals surface area (Å²) in [6.07, 6.45) is 5.81. The van der Waals surface area contributed by atoms with Gasteiger partial charge >= 0.3 is 0 Å². The van der Waals surface area contributed by atoms with Crippen molar-refractivity contribution in [2.24, 2.45) is 0 Å². The van der Waals surface area contributed by atoms with Gasteiger partial charge in [0.15, 0.2) is 4.34 Å². The van der Waals surface area contributed by atoms with Gasteiger partial charge in [0, 0.05) is 0 Å². The van der Waals surface area contributed by atoms with E-state index >= 15 is 0 Å². The van der Waals surface area contributed by atoms with Gasteiger partial charge in [-0.15, -0.1) is 11.3 Å². The molecular formula is C12H15NS2. The van der Waals surface area contributed by atoms with Crippen LogP contribution in [0.5, 0.6) is 0 Å². The van der Waals surface area contributed by atoms with Crippen LogP contribution in [0.2, 0.25) is 0 Å². The molecular weight excluding hydrogens is 222 g/mol. The number of hydrogen-bond donors (Lipinski definition) is 0. The summed E-state index contributed by atoms with van der Waals surface area (Å²) in [6, 6.07) is 6.65. The van der Waals surface area contributed by atoms with Crippen molar-refractivity contribution < 1.29 is 0 Å². The topological polar surface area (TPSA) is 12.9 Å². The Morgan fingerprint density at radius 3 is 3.00 bits per heavy atom. The maximum Gasteiger partial charge on any atom is 0.150 e. The first-order chi connectivity index (χ1) is 7.33. The third kappa shape index (κ3) is 2.52. The normalized spacial score (nSPS) is 11.1. The predicted molar refractivity (Wildman–Crippen MR) is 70.0 cm³/mol. The Bertz CT molecular complexity index is 448. The number of unbranched alkanes of at least 4 members (excludes halogenated alkanes) is 1. The minimum atomic E-state index is 1.14. The van der Waals surface area contributed by atoms with Crippen LogP contribution in [0.4, 0.5) is 0 Å². The molecule has 1 nitrogen and oxygen atoms in total. The van der Waals surface area contributed by atoms with Gasteiger partial charge in [0.2, 0.25) is 0 Å². The molecule has 0 saturated heterocycles. The lowest BCUT2D eigenvalue weighted by Gasteiger charge is -1.98. The lowest BCUT2D eigenvalue weighted by molar-refractivity contribution is 0.796. The zero-order valence-electron chi connectivity index (χ0n) is 9.12. The Morgan fingerprint density at radius 1 is 1.40 bits per heavy atom. The molecule has 0 atom stereocenters. The summed E-state index contributed by atoms with van der Waals surface area (Å²) in [5, 5.41) is 0. The van der Waals surface area contributed by atoms with E-state index < -0.39 is 0 Å². The monoisotopic (exact) mass is 237 g/mol. The first-order valence-electron chi connectivity index (χ1n) is 5.27. The summed E-state index contributed by atoms with van der Waals surface area (Å²) in [5.41, 5.74) is 2.59. The average molecular weight is 237 g/mol. The second-order valence-corrected chi connectivity index (χ2v) is 5.67. The molecule has 80 valence electrons. The van der Waals surface area contributed by atoms with E-state index in [-0.39, 0.29) is 0 Å². The molecule has 2 rings (SSSR count). The van der Waals surface area contributed by atoms with Crippen molar-refractivity contribution in [3.8, 4) is 0 Å². The summed E-state index contributed by atoms with van der Waals surface area (Å²) in [7, 11) is 0. The van der Waals surface area contributed by atoms with Crippen LogP contribution < -0.4 is 0 Å². The number of rotatable bonds is 4. The third-order valence-corrected chi connectivity index (χ3v) is 4.43. The fourth-order valence-electron chi connectivity index (χ4n) is 1.57. The highest BCUT2D eigenvalue weighted by Crippen LogP contribution is 2.28. The minimum absolute atomic E-state index is 1.14. The van der Waals surface area contributed by atoms with Gasteiger partial charge in [-0.3, -0.25) is 0 Å². The first-order valence-corrected chi connectivity index (χ1v) is 7.31. The van der Waals surface area contributed by atoms with Gasteiger partial charge in [-0.1, -0.05) is 31.2 Å². The molecule has 3 heteroatoms. The van der Waals surface area contributed by atoms with Crippen molar-refractivity contribution in [2.75, 3.05) is 6.26 Å². The second kappa shape index (κ2) is 4.99. The van der Waals surface area contributed by atoms with Crippen LogP contribution in [0.15, 0.2) is 22.5 Å². The number of aromatic nitrogens is 1. The van der Waals surface area contributed by atoms with E-state index in [9.17, 15) is 0 Å². The predicted octanol–water partition coefficient (Wildman–Crippen LogP) is 4.36. The van der Waals surface area contributed by atoms with Gasteiger partial charge in [0.05, 0.1) is 10.2 Å². The molecule has 0 unspecified atom stereocenters. The van der Waals surface area contributed by atoms with Crippen LogP contribution in [-0.4, -0.2) is 11.2 Å². The molecule has 0 aliphatic heterocycles. The summed E-state index contributed by atoms with van der Waals surface area (Å²) < 4.78 is 2.49. The average Bonchev–Trinajstić information content (AvgIpc) is 2.68. The molecule has 1 aromatic heterocycles. The number of thiazole rings is 1. The Hall–Kier alpha value is -0.540. The fourth-order valence-corrected chi connectivity index (χ4v) is 3.12. The standard InChI is InChI=1S/C12H15NS2/c1-3-4-5-9-6-7-10-11(8-9)15-12(13-10)14-2/h6-8H,3-5H2,1-2H3. The van der Waals surface area contributed by atoms with Crippen molar-refractivity contribution in [1.29, 1.82) is 0 Å². The van der Waals surface area contributed by atoms with Gasteiger partial charge in [0.25, 0.3) is 0 Å². The van der Waals surface area contributed by atoms with Crippen molar-refractivity contribution >= 4 is 33.3 Å². The summed E-state index contributed by atoms with van der Waals surface area (Å²) in [5.74, 6) is 0. The molecule has 0 radical (unpaired) electrons. The van der Waals surface area contributed by atoms with E-state index in [0.717, 1.165) is 9.86 Å². The van der Waals surface area contributed by atoms with Crippen LogP contribution in [0.1, 0.15) is 25.3 Å². The lowest BCUT2D eigenvalue weighted by Crippen LogP contribution is -1.83. The molecule has 0 bridgehead atoms. The van der Waals surface area contributed by atoms with E-state index in [1.54, 1.807) is 23.1 Å². The number of thioether (sulfide) groups is 1. The van der Waals surface area contributed by atoms with E-state index in [1.165, 1.54) is 29.5 Å². The van der Waals surface area contributed by atoms with E-state index in [1.807, 2.05) is 0 Å². The molecule has 0 aliphatic rings. The molecule has 0 amide bonds. The molecule has 1 aromatic carbocycles. The maximum atomic E-state index is 4.53. The molecule has 2 aromatic rings. The molecule has 0 spiro atoms. The highest BCUT2D eigenvalue weighted by atomic mass is 32.2. The smallest absolute Gasteiger partial charge is 0.150 e. The van der Waals surface area contributed by atoms with Crippen molar-refractivity contribution in [1.82, 2.24) is 4.98 Å². The summed E-state index contributed by atoms with van der Waals surface area (Å²) in [6.45, 7) is 2.23. The van der Waals surface area contributed by atoms with Crippen molar-refractivity contribution in [3.05, 3.63) is 23.8 Å². The number of hydrogen-bond acceptors (Lipinski definition) is 3. The molecule has 0 aliphatic carbocycles. The Morgan fingerprint density at radius 2 is 2.27 bits per heavy atom.